The van der Waals surface area contributed by atoms with E-state index in [0.29, 0.717) is 18.3 Å². The van der Waals surface area contributed by atoms with Crippen LogP contribution in [0.15, 0.2) is 16.6 Å². The predicted octanol–water partition coefficient (Wildman–Crippen LogP) is 1.23. The fraction of sp³-hybridized carbons (Fsp3) is 0.455. The largest absolute Gasteiger partial charge is 0.353 e. The van der Waals surface area contributed by atoms with Crippen molar-refractivity contribution in [1.82, 2.24) is 14.7 Å². The van der Waals surface area contributed by atoms with E-state index in [1.165, 1.54) is 11.8 Å². The normalized spacial score (nSPS) is 15.2. The van der Waals surface area contributed by atoms with E-state index >= 15 is 0 Å². The van der Waals surface area contributed by atoms with Gasteiger partial charge in [0.05, 0.1) is 11.4 Å². The molecule has 0 atom stereocenters. The van der Waals surface area contributed by atoms with Gasteiger partial charge in [-0.1, -0.05) is 11.8 Å². The summed E-state index contributed by atoms with van der Waals surface area (Å²) in [7, 11) is 0. The number of imidazole rings is 1. The van der Waals surface area contributed by atoms with Gasteiger partial charge in [-0.25, -0.2) is 4.98 Å². The Balaban J connectivity index is 1.69. The van der Waals surface area contributed by atoms with E-state index in [0.717, 1.165) is 28.5 Å². The monoisotopic (exact) mass is 282 g/mol. The Morgan fingerprint density at radius 2 is 2.50 bits per heavy atom. The minimum absolute atomic E-state index is 0.0850. The molecule has 1 amide bonds. The Kier molecular flexibility index (Phi) is 3.27. The van der Waals surface area contributed by atoms with Gasteiger partial charge in [0, 0.05) is 24.2 Å². The molecular weight excluding hydrogens is 268 g/mol. The van der Waals surface area contributed by atoms with Crippen LogP contribution in [0.5, 0.6) is 0 Å². The molecule has 1 aliphatic carbocycles. The second-order valence-corrected chi connectivity index (χ2v) is 6.09. The number of carbonyl (C=O) groups is 1. The Labute approximate surface area is 113 Å². The number of rotatable bonds is 5. The SMILES string of the molecule is NCc1c(SCC(=O)NC2CC2)nc2sccn12. The topological polar surface area (TPSA) is 72.4 Å². The highest BCUT2D eigenvalue weighted by Crippen LogP contribution is 2.26. The van der Waals surface area contributed by atoms with E-state index in [4.69, 9.17) is 5.73 Å². The third kappa shape index (κ3) is 2.38. The lowest BCUT2D eigenvalue weighted by Crippen LogP contribution is -2.27. The number of aromatic nitrogens is 2. The summed E-state index contributed by atoms with van der Waals surface area (Å²) < 4.78 is 1.99. The van der Waals surface area contributed by atoms with E-state index < -0.39 is 0 Å². The summed E-state index contributed by atoms with van der Waals surface area (Å²) in [5, 5.41) is 5.82. The zero-order chi connectivity index (χ0) is 12.5. The molecule has 1 aliphatic rings. The molecule has 18 heavy (non-hydrogen) atoms. The fourth-order valence-corrected chi connectivity index (χ4v) is 3.39. The number of nitrogens with one attached hydrogen (secondary N) is 1. The smallest absolute Gasteiger partial charge is 0.230 e. The number of carbonyl (C=O) groups excluding carboxylic acids is 1. The molecule has 1 saturated carbocycles. The van der Waals surface area contributed by atoms with Crippen molar-refractivity contribution in [3.8, 4) is 0 Å². The summed E-state index contributed by atoms with van der Waals surface area (Å²) in [6, 6.07) is 0.414. The standard InChI is InChI=1S/C11H14N4OS2/c12-5-8-10(14-11-15(8)3-4-17-11)18-6-9(16)13-7-1-2-7/h3-4,7H,1-2,5-6,12H2,(H,13,16). The Bertz CT molecular complexity index is 573. The van der Waals surface area contributed by atoms with Crippen molar-refractivity contribution in [2.75, 3.05) is 5.75 Å². The second kappa shape index (κ2) is 4.91. The lowest BCUT2D eigenvalue weighted by atomic mass is 10.5. The van der Waals surface area contributed by atoms with Crippen LogP contribution < -0.4 is 11.1 Å². The van der Waals surface area contributed by atoms with Gasteiger partial charge in [-0.05, 0) is 12.8 Å². The Morgan fingerprint density at radius 1 is 1.67 bits per heavy atom. The quantitative estimate of drug-likeness (QED) is 0.809. The molecule has 0 spiro atoms. The highest BCUT2D eigenvalue weighted by atomic mass is 32.2. The maximum absolute atomic E-state index is 11.6. The number of thiazole rings is 1. The van der Waals surface area contributed by atoms with E-state index in [1.54, 1.807) is 11.3 Å². The van der Waals surface area contributed by atoms with Crippen molar-refractivity contribution in [3.05, 3.63) is 17.3 Å². The zero-order valence-corrected chi connectivity index (χ0v) is 11.4. The summed E-state index contributed by atoms with van der Waals surface area (Å²) in [6.07, 6.45) is 4.19. The Morgan fingerprint density at radius 3 is 3.22 bits per heavy atom. The molecule has 5 nitrogen and oxygen atoms in total. The highest BCUT2D eigenvalue weighted by Gasteiger charge is 2.23. The Hall–Kier alpha value is -1.05. The van der Waals surface area contributed by atoms with Crippen LogP contribution >= 0.6 is 23.1 Å². The van der Waals surface area contributed by atoms with Gasteiger partial charge in [-0.15, -0.1) is 11.3 Å². The minimum atomic E-state index is 0.0850. The lowest BCUT2D eigenvalue weighted by molar-refractivity contribution is -0.118. The van der Waals surface area contributed by atoms with E-state index in [2.05, 4.69) is 10.3 Å². The molecule has 3 rings (SSSR count). The average Bonchev–Trinajstić information content (AvgIpc) is 2.93. The zero-order valence-electron chi connectivity index (χ0n) is 9.76. The fourth-order valence-electron chi connectivity index (χ4n) is 1.74. The van der Waals surface area contributed by atoms with Crippen LogP contribution in [0.25, 0.3) is 4.96 Å². The van der Waals surface area contributed by atoms with Crippen molar-refractivity contribution < 1.29 is 4.79 Å². The number of nitrogens with zero attached hydrogens (tertiary/aromatic N) is 2. The molecule has 96 valence electrons. The maximum atomic E-state index is 11.6. The molecule has 0 bridgehead atoms. The molecule has 7 heteroatoms. The number of nitrogens with two attached hydrogens (primary N) is 1. The van der Waals surface area contributed by atoms with E-state index in [1.807, 2.05) is 16.0 Å². The van der Waals surface area contributed by atoms with Gasteiger partial charge in [0.15, 0.2) is 4.96 Å². The molecule has 1 fully saturated rings. The van der Waals surface area contributed by atoms with Gasteiger partial charge in [0.1, 0.15) is 5.03 Å². The van der Waals surface area contributed by atoms with E-state index in [9.17, 15) is 4.79 Å². The number of thioether (sulfide) groups is 1. The third-order valence-electron chi connectivity index (χ3n) is 2.80. The lowest BCUT2D eigenvalue weighted by Gasteiger charge is -2.02. The molecule has 0 saturated heterocycles. The van der Waals surface area contributed by atoms with Gasteiger partial charge in [0.2, 0.25) is 5.91 Å². The molecule has 3 N–H and O–H groups in total. The van der Waals surface area contributed by atoms with Gasteiger partial charge >= 0.3 is 0 Å². The maximum Gasteiger partial charge on any atom is 0.230 e. The molecule has 2 aromatic heterocycles. The number of hydrogen-bond acceptors (Lipinski definition) is 5. The molecule has 0 aliphatic heterocycles. The number of amides is 1. The molecular formula is C11H14N4OS2. The van der Waals surface area contributed by atoms with Crippen LogP contribution in [0, 0.1) is 0 Å². The second-order valence-electron chi connectivity index (χ2n) is 4.25. The van der Waals surface area contributed by atoms with Gasteiger partial charge in [0.25, 0.3) is 0 Å². The first-order valence-electron chi connectivity index (χ1n) is 5.84. The van der Waals surface area contributed by atoms with E-state index in [-0.39, 0.29) is 5.91 Å². The van der Waals surface area contributed by atoms with Crippen LogP contribution in [0.1, 0.15) is 18.5 Å². The summed E-state index contributed by atoms with van der Waals surface area (Å²) in [4.78, 5) is 17.1. The summed E-state index contributed by atoms with van der Waals surface area (Å²) in [5.74, 6) is 0.496. The first kappa shape index (κ1) is 12.0. The molecule has 0 unspecified atom stereocenters. The van der Waals surface area contributed by atoms with Gasteiger partial charge in [-0.2, -0.15) is 0 Å². The van der Waals surface area contributed by atoms with Crippen LogP contribution in [0.2, 0.25) is 0 Å². The van der Waals surface area contributed by atoms with Gasteiger partial charge in [-0.3, -0.25) is 9.20 Å². The first-order valence-corrected chi connectivity index (χ1v) is 7.71. The minimum Gasteiger partial charge on any atom is -0.353 e. The van der Waals surface area contributed by atoms with Gasteiger partial charge < -0.3 is 11.1 Å². The van der Waals surface area contributed by atoms with Crippen molar-refractivity contribution in [2.45, 2.75) is 30.5 Å². The first-order chi connectivity index (χ1) is 8.78. The van der Waals surface area contributed by atoms with Crippen molar-refractivity contribution >= 4 is 34.0 Å². The molecule has 2 heterocycles. The average molecular weight is 282 g/mol. The van der Waals surface area contributed by atoms with Crippen LogP contribution in [0.3, 0.4) is 0 Å². The van der Waals surface area contributed by atoms with Crippen LogP contribution in [-0.2, 0) is 11.3 Å². The summed E-state index contributed by atoms with van der Waals surface area (Å²) in [6.45, 7) is 0.435. The van der Waals surface area contributed by atoms with Crippen molar-refractivity contribution in [2.24, 2.45) is 5.73 Å². The van der Waals surface area contributed by atoms with Crippen LogP contribution in [-0.4, -0.2) is 27.1 Å². The summed E-state index contributed by atoms with van der Waals surface area (Å²) in [5.41, 5.74) is 6.73. The molecule has 0 radical (unpaired) electrons. The molecule has 0 aromatic carbocycles. The predicted molar refractivity (Wildman–Crippen MR) is 72.8 cm³/mol. The summed E-state index contributed by atoms with van der Waals surface area (Å²) >= 11 is 3.04. The van der Waals surface area contributed by atoms with Crippen LogP contribution in [0.4, 0.5) is 0 Å². The van der Waals surface area contributed by atoms with Crippen molar-refractivity contribution in [1.29, 1.82) is 0 Å². The van der Waals surface area contributed by atoms with Crippen molar-refractivity contribution in [3.63, 3.8) is 0 Å². The third-order valence-corrected chi connectivity index (χ3v) is 4.56. The number of hydrogen-bond donors (Lipinski definition) is 2. The highest BCUT2D eigenvalue weighted by molar-refractivity contribution is 8.00. The number of fused-ring (bicyclic) bond motifs is 1. The molecule has 2 aromatic rings.